The highest BCUT2D eigenvalue weighted by molar-refractivity contribution is 6.43. The van der Waals surface area contributed by atoms with E-state index in [1.54, 1.807) is 0 Å². The zero-order chi connectivity index (χ0) is 15.7. The third kappa shape index (κ3) is 3.28. The van der Waals surface area contributed by atoms with Crippen LogP contribution in [-0.2, 0) is 0 Å². The lowest BCUT2D eigenvalue weighted by Crippen LogP contribution is -2.45. The van der Waals surface area contributed by atoms with Crippen molar-refractivity contribution in [3.05, 3.63) is 37.9 Å². The summed E-state index contributed by atoms with van der Waals surface area (Å²) in [7, 11) is 0. The van der Waals surface area contributed by atoms with Crippen molar-refractivity contribution in [2.24, 2.45) is 5.92 Å². The number of benzene rings is 1. The number of nitro groups is 1. The summed E-state index contributed by atoms with van der Waals surface area (Å²) in [6.45, 7) is 2.61. The van der Waals surface area contributed by atoms with Gasteiger partial charge >= 0.3 is 0 Å². The molecular formula is C13H14Cl2N2O4. The van der Waals surface area contributed by atoms with Crippen molar-refractivity contribution in [2.75, 3.05) is 13.1 Å². The summed E-state index contributed by atoms with van der Waals surface area (Å²) < 4.78 is 0. The van der Waals surface area contributed by atoms with Crippen LogP contribution in [0.5, 0.6) is 0 Å². The molecule has 2 unspecified atom stereocenters. The maximum Gasteiger partial charge on any atom is 0.290 e. The summed E-state index contributed by atoms with van der Waals surface area (Å²) >= 11 is 11.6. The smallest absolute Gasteiger partial charge is 0.290 e. The largest absolute Gasteiger partial charge is 0.391 e. The van der Waals surface area contributed by atoms with Crippen LogP contribution in [0.1, 0.15) is 23.7 Å². The molecule has 0 aromatic heterocycles. The lowest BCUT2D eigenvalue weighted by Gasteiger charge is -2.34. The van der Waals surface area contributed by atoms with Gasteiger partial charge in [0.1, 0.15) is 5.02 Å². The van der Waals surface area contributed by atoms with Crippen molar-refractivity contribution >= 4 is 34.8 Å². The van der Waals surface area contributed by atoms with Gasteiger partial charge in [0, 0.05) is 24.7 Å². The first-order valence-electron chi connectivity index (χ1n) is 6.42. The second-order valence-electron chi connectivity index (χ2n) is 5.13. The fourth-order valence-corrected chi connectivity index (χ4v) is 2.64. The minimum absolute atomic E-state index is 0.0415. The van der Waals surface area contributed by atoms with E-state index in [0.29, 0.717) is 13.0 Å². The molecule has 1 N–H and O–H groups in total. The molecule has 21 heavy (non-hydrogen) atoms. The number of nitrogens with zero attached hydrogens (tertiary/aromatic N) is 2. The Kier molecular flexibility index (Phi) is 4.70. The Morgan fingerprint density at radius 3 is 2.71 bits per heavy atom. The number of β-amino-alcohol motifs (C(OH)–C–C–N with tert-alkyl or cyclic N) is 1. The summed E-state index contributed by atoms with van der Waals surface area (Å²) in [5, 5.41) is 20.5. The minimum atomic E-state index is -0.682. The van der Waals surface area contributed by atoms with Crippen molar-refractivity contribution < 1.29 is 14.8 Å². The molecule has 0 radical (unpaired) electrons. The SMILES string of the molecule is CC1CCN(C(=O)c2cc(Cl)c(Cl)c([N+](=O)[O-])c2)CC1O. The Balaban J connectivity index is 2.30. The van der Waals surface area contributed by atoms with E-state index in [1.807, 2.05) is 6.92 Å². The summed E-state index contributed by atoms with van der Waals surface area (Å²) in [6, 6.07) is 2.42. The molecule has 1 aliphatic rings. The van der Waals surface area contributed by atoms with E-state index in [2.05, 4.69) is 0 Å². The summed E-state index contributed by atoms with van der Waals surface area (Å²) in [6.07, 6.45) is 0.0801. The van der Waals surface area contributed by atoms with Gasteiger partial charge in [-0.3, -0.25) is 14.9 Å². The van der Waals surface area contributed by atoms with Crippen LogP contribution in [-0.4, -0.2) is 40.0 Å². The van der Waals surface area contributed by atoms with E-state index in [-0.39, 0.29) is 28.1 Å². The summed E-state index contributed by atoms with van der Waals surface area (Å²) in [5.74, 6) is -0.278. The minimum Gasteiger partial charge on any atom is -0.391 e. The summed E-state index contributed by atoms with van der Waals surface area (Å²) in [5.41, 5.74) is -0.309. The van der Waals surface area contributed by atoms with Crippen LogP contribution < -0.4 is 0 Å². The van der Waals surface area contributed by atoms with Gasteiger partial charge in [0.05, 0.1) is 16.0 Å². The molecule has 0 spiro atoms. The van der Waals surface area contributed by atoms with E-state index in [9.17, 15) is 20.0 Å². The molecule has 6 nitrogen and oxygen atoms in total. The predicted octanol–water partition coefficient (Wildman–Crippen LogP) is 2.74. The molecule has 1 aliphatic heterocycles. The number of aliphatic hydroxyl groups excluding tert-OH is 1. The number of rotatable bonds is 2. The molecule has 8 heteroatoms. The number of hydrogen-bond acceptors (Lipinski definition) is 4. The second-order valence-corrected chi connectivity index (χ2v) is 5.92. The Hall–Kier alpha value is -1.37. The zero-order valence-corrected chi connectivity index (χ0v) is 12.8. The second kappa shape index (κ2) is 6.17. The number of carbonyl (C=O) groups excluding carboxylic acids is 1. The van der Waals surface area contributed by atoms with Gasteiger partial charge < -0.3 is 10.0 Å². The fourth-order valence-electron chi connectivity index (χ4n) is 2.25. The Morgan fingerprint density at radius 1 is 1.48 bits per heavy atom. The highest BCUT2D eigenvalue weighted by atomic mass is 35.5. The van der Waals surface area contributed by atoms with Crippen molar-refractivity contribution in [1.29, 1.82) is 0 Å². The van der Waals surface area contributed by atoms with Crippen LogP contribution in [0.3, 0.4) is 0 Å². The van der Waals surface area contributed by atoms with Crippen LogP contribution in [0, 0.1) is 16.0 Å². The van der Waals surface area contributed by atoms with Gasteiger partial charge in [0.25, 0.3) is 11.6 Å². The number of hydrogen-bond donors (Lipinski definition) is 1. The topological polar surface area (TPSA) is 83.7 Å². The van der Waals surface area contributed by atoms with Crippen molar-refractivity contribution in [3.63, 3.8) is 0 Å². The molecule has 2 rings (SSSR count). The molecule has 1 saturated heterocycles. The quantitative estimate of drug-likeness (QED) is 0.666. The van der Waals surface area contributed by atoms with Gasteiger partial charge in [0.2, 0.25) is 0 Å². The molecular weight excluding hydrogens is 319 g/mol. The summed E-state index contributed by atoms with van der Waals surface area (Å²) in [4.78, 5) is 24.1. The van der Waals surface area contributed by atoms with E-state index in [1.165, 1.54) is 11.0 Å². The van der Waals surface area contributed by atoms with Gasteiger partial charge in [-0.2, -0.15) is 0 Å². The first-order valence-corrected chi connectivity index (χ1v) is 7.17. The van der Waals surface area contributed by atoms with Crippen LogP contribution in [0.2, 0.25) is 10.0 Å². The molecule has 1 aromatic carbocycles. The molecule has 0 saturated carbocycles. The van der Waals surface area contributed by atoms with E-state index in [0.717, 1.165) is 6.07 Å². The number of likely N-dealkylation sites (tertiary alicyclic amines) is 1. The average molecular weight is 333 g/mol. The molecule has 1 amide bonds. The molecule has 114 valence electrons. The fraction of sp³-hybridized carbons (Fsp3) is 0.462. The van der Waals surface area contributed by atoms with E-state index < -0.39 is 22.6 Å². The van der Waals surface area contributed by atoms with E-state index >= 15 is 0 Å². The lowest BCUT2D eigenvalue weighted by molar-refractivity contribution is -0.384. The van der Waals surface area contributed by atoms with Gasteiger partial charge in [-0.15, -0.1) is 0 Å². The number of nitro benzene ring substituents is 1. The molecule has 2 atom stereocenters. The molecule has 1 aromatic rings. The standard InChI is InChI=1S/C13H14Cl2N2O4/c1-7-2-3-16(6-11(7)18)13(19)8-4-9(14)12(15)10(5-8)17(20)21/h4-5,7,11,18H,2-3,6H2,1H3. The van der Waals surface area contributed by atoms with Gasteiger partial charge in [-0.1, -0.05) is 30.1 Å². The first kappa shape index (κ1) is 16.0. The van der Waals surface area contributed by atoms with Gasteiger partial charge in [0.15, 0.2) is 0 Å². The Morgan fingerprint density at radius 2 is 2.14 bits per heavy atom. The van der Waals surface area contributed by atoms with Crippen molar-refractivity contribution in [2.45, 2.75) is 19.4 Å². The monoisotopic (exact) mass is 332 g/mol. The van der Waals surface area contributed by atoms with E-state index in [4.69, 9.17) is 23.2 Å². The first-order chi connectivity index (χ1) is 9.81. The van der Waals surface area contributed by atoms with Crippen molar-refractivity contribution in [3.8, 4) is 0 Å². The third-order valence-corrected chi connectivity index (χ3v) is 4.45. The Labute approximate surface area is 131 Å². The third-order valence-electron chi connectivity index (χ3n) is 3.66. The highest BCUT2D eigenvalue weighted by Crippen LogP contribution is 2.33. The van der Waals surface area contributed by atoms with Crippen molar-refractivity contribution in [1.82, 2.24) is 4.90 Å². The molecule has 1 heterocycles. The average Bonchev–Trinajstić information content (AvgIpc) is 2.43. The maximum atomic E-state index is 12.4. The predicted molar refractivity (Wildman–Crippen MR) is 78.8 cm³/mol. The van der Waals surface area contributed by atoms with Gasteiger partial charge in [-0.05, 0) is 18.4 Å². The number of piperidine rings is 1. The molecule has 0 bridgehead atoms. The number of halogens is 2. The Bertz CT molecular complexity index is 594. The van der Waals surface area contributed by atoms with Crippen LogP contribution in [0.25, 0.3) is 0 Å². The van der Waals surface area contributed by atoms with Crippen LogP contribution >= 0.6 is 23.2 Å². The normalized spacial score (nSPS) is 22.2. The molecule has 0 aliphatic carbocycles. The highest BCUT2D eigenvalue weighted by Gasteiger charge is 2.29. The number of carbonyl (C=O) groups is 1. The number of amides is 1. The molecule has 1 fully saturated rings. The zero-order valence-electron chi connectivity index (χ0n) is 11.3. The van der Waals surface area contributed by atoms with Gasteiger partial charge in [-0.25, -0.2) is 0 Å². The number of aliphatic hydroxyl groups is 1. The lowest BCUT2D eigenvalue weighted by atomic mass is 9.95. The van der Waals surface area contributed by atoms with Crippen LogP contribution in [0.15, 0.2) is 12.1 Å². The van der Waals surface area contributed by atoms with Crippen LogP contribution in [0.4, 0.5) is 5.69 Å². The maximum absolute atomic E-state index is 12.4.